The summed E-state index contributed by atoms with van der Waals surface area (Å²) in [4.78, 5) is 0. The van der Waals surface area contributed by atoms with Crippen LogP contribution < -0.4 is 5.11 Å². The zero-order chi connectivity index (χ0) is 19.2. The van der Waals surface area contributed by atoms with Gasteiger partial charge in [-0.05, 0) is 18.7 Å². The zero-order valence-corrected chi connectivity index (χ0v) is 15.9. The Morgan fingerprint density at radius 1 is 0.800 bits per heavy atom. The van der Waals surface area contributed by atoms with Crippen LogP contribution in [-0.2, 0) is 10.0 Å². The molecule has 0 unspecified atom stereocenters. The summed E-state index contributed by atoms with van der Waals surface area (Å²) in [5.41, 5.74) is -5.50. The molecule has 4 nitrogen and oxygen atoms in total. The van der Waals surface area contributed by atoms with Crippen LogP contribution in [-0.4, -0.2) is 19.8 Å². The molecular weight excluding hydrogens is 355 g/mol. The van der Waals surface area contributed by atoms with Crippen molar-refractivity contribution in [3.63, 3.8) is 0 Å². The van der Waals surface area contributed by atoms with E-state index in [1.165, 1.54) is 51.4 Å². The molecule has 8 heteroatoms. The third-order valence-electron chi connectivity index (χ3n) is 4.01. The lowest BCUT2D eigenvalue weighted by Gasteiger charge is -2.11. The second-order valence-electron chi connectivity index (χ2n) is 6.40. The van der Waals surface area contributed by atoms with Crippen LogP contribution in [0.3, 0.4) is 0 Å². The van der Waals surface area contributed by atoms with Gasteiger partial charge in [-0.1, -0.05) is 84.0 Å². The van der Waals surface area contributed by atoms with E-state index in [2.05, 4.69) is 11.3 Å². The molecule has 0 aliphatic heterocycles. The number of hydrogen-bond acceptors (Lipinski definition) is 3. The van der Waals surface area contributed by atoms with Gasteiger partial charge in [-0.15, -0.1) is 0 Å². The van der Waals surface area contributed by atoms with Gasteiger partial charge in [0.25, 0.3) is 0 Å². The highest BCUT2D eigenvalue weighted by atomic mass is 32.2. The summed E-state index contributed by atoms with van der Waals surface area (Å²) in [7, 11) is -5.69. The van der Waals surface area contributed by atoms with Crippen LogP contribution in [0.5, 0.6) is 0 Å². The Bertz CT molecular complexity index is 462. The second kappa shape index (κ2) is 13.4. The summed E-state index contributed by atoms with van der Waals surface area (Å²) in [6.45, 7) is 2.20. The maximum atomic E-state index is 12.1. The number of halogens is 3. The van der Waals surface area contributed by atoms with E-state index in [9.17, 15) is 26.7 Å². The molecule has 0 aliphatic rings. The van der Waals surface area contributed by atoms with Crippen LogP contribution in [0.1, 0.15) is 96.8 Å². The molecule has 0 spiro atoms. The zero-order valence-electron chi connectivity index (χ0n) is 15.1. The fourth-order valence-electron chi connectivity index (χ4n) is 2.53. The highest BCUT2D eigenvalue weighted by Gasteiger charge is 2.45. The Hall–Kier alpha value is -0.790. The molecule has 0 heterocycles. The van der Waals surface area contributed by atoms with Crippen molar-refractivity contribution in [1.82, 2.24) is 0 Å². The summed E-state index contributed by atoms with van der Waals surface area (Å²) in [6, 6.07) is 0. The van der Waals surface area contributed by atoms with Crippen LogP contribution >= 0.6 is 0 Å². The molecule has 0 radical (unpaired) electrons. The van der Waals surface area contributed by atoms with Crippen molar-refractivity contribution in [3.8, 4) is 0 Å². The largest absolute Gasteiger partial charge is 0.861 e. The van der Waals surface area contributed by atoms with E-state index in [-0.39, 0.29) is 6.42 Å². The first-order chi connectivity index (χ1) is 11.7. The second-order valence-corrected chi connectivity index (χ2v) is 7.99. The normalized spacial score (nSPS) is 13.4. The highest BCUT2D eigenvalue weighted by Crippen LogP contribution is 2.24. The number of unbranched alkanes of at least 4 members (excludes halogenated alkanes) is 12. The molecule has 0 rings (SSSR count). The molecular formula is C17H31F3NO3S-. The van der Waals surface area contributed by atoms with E-state index in [0.717, 1.165) is 19.3 Å². The minimum absolute atomic E-state index is 0.257. The lowest BCUT2D eigenvalue weighted by molar-refractivity contribution is -0.218. The van der Waals surface area contributed by atoms with Gasteiger partial charge < -0.3 is 5.11 Å². The number of nitrogens with zero attached hydrogens (tertiary/aromatic N) is 1. The molecule has 0 bridgehead atoms. The molecule has 0 aromatic carbocycles. The van der Waals surface area contributed by atoms with E-state index < -0.39 is 21.4 Å². The van der Waals surface area contributed by atoms with Gasteiger partial charge in [0, 0.05) is 0 Å². The molecule has 0 atom stereocenters. The minimum Gasteiger partial charge on any atom is -0.861 e. The predicted octanol–water partition coefficient (Wildman–Crippen LogP) is 5.08. The van der Waals surface area contributed by atoms with Crippen LogP contribution in [0.4, 0.5) is 13.2 Å². The third-order valence-corrected chi connectivity index (χ3v) is 5.04. The molecule has 0 N–H and O–H groups in total. The molecule has 0 aliphatic carbocycles. The molecule has 0 fully saturated rings. The van der Waals surface area contributed by atoms with E-state index >= 15 is 0 Å². The summed E-state index contributed by atoms with van der Waals surface area (Å²) < 4.78 is 59.8. The first kappa shape index (κ1) is 24.2. The molecule has 0 saturated carbocycles. The quantitative estimate of drug-likeness (QED) is 0.224. The Balaban J connectivity index is 3.56. The van der Waals surface area contributed by atoms with Gasteiger partial charge in [-0.3, -0.25) is 0 Å². The Morgan fingerprint density at radius 2 is 1.16 bits per heavy atom. The van der Waals surface area contributed by atoms with Crippen LogP contribution in [0.15, 0.2) is 4.40 Å². The molecule has 25 heavy (non-hydrogen) atoms. The molecule has 0 aromatic rings. The number of sulfonamides is 1. The van der Waals surface area contributed by atoms with Crippen LogP contribution in [0.2, 0.25) is 0 Å². The average Bonchev–Trinajstić information content (AvgIpc) is 2.50. The van der Waals surface area contributed by atoms with Crippen molar-refractivity contribution in [2.45, 2.75) is 102 Å². The third kappa shape index (κ3) is 13.1. The number of alkyl halides is 3. The minimum atomic E-state index is -5.69. The molecule has 0 aromatic heterocycles. The first-order valence-corrected chi connectivity index (χ1v) is 10.7. The Morgan fingerprint density at radius 3 is 1.52 bits per heavy atom. The van der Waals surface area contributed by atoms with Gasteiger partial charge in [-0.25, -0.2) is 0 Å². The van der Waals surface area contributed by atoms with Gasteiger partial charge in [0.1, 0.15) is 0 Å². The maximum absolute atomic E-state index is 12.1. The van der Waals surface area contributed by atoms with E-state index in [1.807, 2.05) is 0 Å². The van der Waals surface area contributed by atoms with Gasteiger partial charge in [0.2, 0.25) is 0 Å². The Kier molecular flexibility index (Phi) is 13.0. The number of rotatable bonds is 15. The summed E-state index contributed by atoms with van der Waals surface area (Å²) in [5.74, 6) is -1.22. The first-order valence-electron chi connectivity index (χ1n) is 9.28. The SMILES string of the molecule is CCCCCCCCCCCCCCC/C([O-])=N/S(=O)(=O)C(F)(F)F. The van der Waals surface area contributed by atoms with Crippen molar-refractivity contribution in [2.24, 2.45) is 4.40 Å². The lowest BCUT2D eigenvalue weighted by atomic mass is 10.0. The van der Waals surface area contributed by atoms with Gasteiger partial charge >= 0.3 is 15.5 Å². The molecule has 150 valence electrons. The molecule has 0 amide bonds. The predicted molar refractivity (Wildman–Crippen MR) is 92.7 cm³/mol. The van der Waals surface area contributed by atoms with Crippen molar-refractivity contribution in [2.75, 3.05) is 0 Å². The Labute approximate surface area is 150 Å². The standard InChI is InChI=1S/C17H32F3NO3S/c1-2-3-4-5-6-7-8-9-10-11-12-13-14-15-16(22)21-25(23,24)17(18,19)20/h2-15H2,1H3,(H,21,22)/p-1. The van der Waals surface area contributed by atoms with Gasteiger partial charge in [0.15, 0.2) is 0 Å². The monoisotopic (exact) mass is 386 g/mol. The molecule has 0 saturated heterocycles. The van der Waals surface area contributed by atoms with E-state index in [0.29, 0.717) is 12.8 Å². The number of hydrogen-bond donors (Lipinski definition) is 0. The van der Waals surface area contributed by atoms with Gasteiger partial charge in [0.05, 0.1) is 0 Å². The topological polar surface area (TPSA) is 69.6 Å². The van der Waals surface area contributed by atoms with Crippen molar-refractivity contribution in [3.05, 3.63) is 0 Å². The maximum Gasteiger partial charge on any atom is 0.518 e. The average molecular weight is 386 g/mol. The van der Waals surface area contributed by atoms with Crippen molar-refractivity contribution >= 4 is 15.9 Å². The smallest absolute Gasteiger partial charge is 0.518 e. The van der Waals surface area contributed by atoms with Crippen LogP contribution in [0.25, 0.3) is 0 Å². The van der Waals surface area contributed by atoms with Crippen molar-refractivity contribution in [1.29, 1.82) is 0 Å². The highest BCUT2D eigenvalue weighted by molar-refractivity contribution is 7.91. The lowest BCUT2D eigenvalue weighted by Crippen LogP contribution is -2.26. The van der Waals surface area contributed by atoms with Gasteiger partial charge in [-0.2, -0.15) is 26.0 Å². The summed E-state index contributed by atoms with van der Waals surface area (Å²) in [5, 5.41) is 11.2. The summed E-state index contributed by atoms with van der Waals surface area (Å²) >= 11 is 0. The summed E-state index contributed by atoms with van der Waals surface area (Å²) in [6.07, 6.45) is 14.1. The van der Waals surface area contributed by atoms with Crippen molar-refractivity contribution < 1.29 is 26.7 Å². The van der Waals surface area contributed by atoms with E-state index in [4.69, 9.17) is 0 Å². The van der Waals surface area contributed by atoms with Crippen LogP contribution in [0, 0.1) is 0 Å². The fraction of sp³-hybridized carbons (Fsp3) is 0.941. The fourth-order valence-corrected chi connectivity index (χ4v) is 2.99. The van der Waals surface area contributed by atoms with E-state index in [1.54, 1.807) is 0 Å².